The molecule has 0 atom stereocenters. The quantitative estimate of drug-likeness (QED) is 0.613. The highest BCUT2D eigenvalue weighted by atomic mass is 32.2. The predicted molar refractivity (Wildman–Crippen MR) is 84.9 cm³/mol. The number of thioether (sulfide) groups is 1. The van der Waals surface area contributed by atoms with Crippen LogP contribution in [0.5, 0.6) is 0 Å². The first-order valence-electron chi connectivity index (χ1n) is 7.16. The third kappa shape index (κ3) is 4.96. The molecule has 1 aromatic heterocycles. The Morgan fingerprint density at radius 2 is 2.19 bits per heavy atom. The molecule has 7 nitrogen and oxygen atoms in total. The van der Waals surface area contributed by atoms with Crippen molar-refractivity contribution < 1.29 is 8.42 Å². The molecule has 3 N–H and O–H groups in total. The van der Waals surface area contributed by atoms with E-state index in [1.807, 2.05) is 18.7 Å². The van der Waals surface area contributed by atoms with Gasteiger partial charge in [-0.3, -0.25) is 5.10 Å². The Labute approximate surface area is 130 Å². The lowest BCUT2D eigenvalue weighted by Crippen LogP contribution is -2.39. The van der Waals surface area contributed by atoms with Crippen LogP contribution >= 0.6 is 11.8 Å². The summed E-state index contributed by atoms with van der Waals surface area (Å²) in [5, 5.41) is 9.70. The number of sulfonamides is 1. The van der Waals surface area contributed by atoms with Crippen LogP contribution in [0.3, 0.4) is 0 Å². The summed E-state index contributed by atoms with van der Waals surface area (Å²) in [6, 6.07) is 0. The molecule has 0 spiro atoms. The lowest BCUT2D eigenvalue weighted by atomic mass is 10.3. The van der Waals surface area contributed by atoms with Crippen molar-refractivity contribution in [3.05, 3.63) is 11.8 Å². The van der Waals surface area contributed by atoms with Gasteiger partial charge in [0.15, 0.2) is 5.03 Å². The average Bonchev–Trinajstić information content (AvgIpc) is 2.95. The maximum absolute atomic E-state index is 12.3. The van der Waals surface area contributed by atoms with Crippen LogP contribution in [0.2, 0.25) is 0 Å². The maximum atomic E-state index is 12.3. The van der Waals surface area contributed by atoms with Gasteiger partial charge in [-0.25, -0.2) is 13.1 Å². The van der Waals surface area contributed by atoms with Gasteiger partial charge in [-0.1, -0.05) is 6.92 Å². The van der Waals surface area contributed by atoms with Crippen LogP contribution in [0, 0.1) is 0 Å². The second-order valence-corrected chi connectivity index (χ2v) is 7.79. The third-order valence-corrected chi connectivity index (χ3v) is 5.75. The molecule has 120 valence electrons. The molecule has 1 aliphatic rings. The molecule has 0 unspecified atom stereocenters. The molecular formula is C12H23N5O2S2. The number of H-pyrrole nitrogens is 1. The zero-order valence-corrected chi connectivity index (χ0v) is 13.9. The van der Waals surface area contributed by atoms with Crippen LogP contribution < -0.4 is 10.0 Å². The first kappa shape index (κ1) is 16.8. The Kier molecular flexibility index (Phi) is 6.49. The number of hydrogen-bond donors (Lipinski definition) is 3. The number of aromatic amines is 1. The molecule has 0 aromatic carbocycles. The Hall–Kier alpha value is -0.610. The normalized spacial score (nSPS) is 17.2. The highest BCUT2D eigenvalue weighted by Gasteiger charge is 2.20. The first-order chi connectivity index (χ1) is 10.1. The number of nitrogens with zero attached hydrogens (tertiary/aromatic N) is 2. The van der Waals surface area contributed by atoms with E-state index >= 15 is 0 Å². The van der Waals surface area contributed by atoms with Gasteiger partial charge in [0.25, 0.3) is 10.0 Å². The van der Waals surface area contributed by atoms with E-state index in [0.29, 0.717) is 18.7 Å². The van der Waals surface area contributed by atoms with E-state index in [1.54, 1.807) is 6.20 Å². The van der Waals surface area contributed by atoms with Gasteiger partial charge in [0, 0.05) is 49.8 Å². The fourth-order valence-electron chi connectivity index (χ4n) is 2.15. The minimum Gasteiger partial charge on any atom is -0.313 e. The van der Waals surface area contributed by atoms with Gasteiger partial charge >= 0.3 is 0 Å². The van der Waals surface area contributed by atoms with Gasteiger partial charge in [-0.15, -0.1) is 0 Å². The molecule has 21 heavy (non-hydrogen) atoms. The van der Waals surface area contributed by atoms with Gasteiger partial charge in [0.05, 0.1) is 6.20 Å². The number of aromatic nitrogens is 2. The van der Waals surface area contributed by atoms with E-state index in [2.05, 4.69) is 25.1 Å². The van der Waals surface area contributed by atoms with Crippen molar-refractivity contribution in [2.75, 3.05) is 44.2 Å². The predicted octanol–water partition coefficient (Wildman–Crippen LogP) is -0.154. The largest absolute Gasteiger partial charge is 0.313 e. The van der Waals surface area contributed by atoms with Crippen LogP contribution in [0.1, 0.15) is 12.5 Å². The van der Waals surface area contributed by atoms with Crippen LogP contribution in [0.4, 0.5) is 0 Å². The fraction of sp³-hybridized carbons (Fsp3) is 0.750. The molecule has 0 radical (unpaired) electrons. The maximum Gasteiger partial charge on any atom is 0.257 e. The second-order valence-electron chi connectivity index (χ2n) is 4.86. The summed E-state index contributed by atoms with van der Waals surface area (Å²) in [5.41, 5.74) is 0.665. The summed E-state index contributed by atoms with van der Waals surface area (Å²) < 4.78 is 27.2. The van der Waals surface area contributed by atoms with Crippen molar-refractivity contribution >= 4 is 21.8 Å². The Morgan fingerprint density at radius 1 is 1.43 bits per heavy atom. The average molecular weight is 333 g/mol. The standard InChI is InChI=1S/C12H23N5O2S2/c1-2-13-9-11-10-14-16-12(11)21(18,19)15-3-4-17-5-7-20-8-6-17/h10,13,15H,2-9H2,1H3,(H,14,16). The Bertz CT molecular complexity index is 526. The number of hydrogen-bond acceptors (Lipinski definition) is 6. The van der Waals surface area contributed by atoms with Crippen LogP contribution in [0.15, 0.2) is 11.2 Å². The number of nitrogens with one attached hydrogen (secondary N) is 3. The van der Waals surface area contributed by atoms with E-state index in [4.69, 9.17) is 0 Å². The monoisotopic (exact) mass is 333 g/mol. The number of rotatable bonds is 8. The van der Waals surface area contributed by atoms with Crippen LogP contribution in [0.25, 0.3) is 0 Å². The van der Waals surface area contributed by atoms with E-state index in [0.717, 1.165) is 37.7 Å². The molecule has 9 heteroatoms. The smallest absolute Gasteiger partial charge is 0.257 e. The molecule has 0 saturated carbocycles. The molecule has 2 heterocycles. The molecule has 1 saturated heterocycles. The van der Waals surface area contributed by atoms with Gasteiger partial charge in [-0.05, 0) is 6.54 Å². The first-order valence-corrected chi connectivity index (χ1v) is 9.80. The summed E-state index contributed by atoms with van der Waals surface area (Å²) >= 11 is 1.94. The minimum atomic E-state index is -3.52. The summed E-state index contributed by atoms with van der Waals surface area (Å²) in [6.45, 7) is 6.48. The summed E-state index contributed by atoms with van der Waals surface area (Å²) in [5.74, 6) is 2.25. The Balaban J connectivity index is 1.87. The van der Waals surface area contributed by atoms with Crippen molar-refractivity contribution in [1.29, 1.82) is 0 Å². The molecule has 2 rings (SSSR count). The van der Waals surface area contributed by atoms with Gasteiger partial charge in [-0.2, -0.15) is 16.9 Å². The van der Waals surface area contributed by atoms with Crippen molar-refractivity contribution in [2.45, 2.75) is 18.5 Å². The molecular weight excluding hydrogens is 310 g/mol. The SMILES string of the molecule is CCNCc1cn[nH]c1S(=O)(=O)NCCN1CCSCC1. The van der Waals surface area contributed by atoms with Crippen molar-refractivity contribution in [2.24, 2.45) is 0 Å². The summed E-state index contributed by atoms with van der Waals surface area (Å²) in [6.07, 6.45) is 1.55. The van der Waals surface area contributed by atoms with E-state index in [-0.39, 0.29) is 5.03 Å². The zero-order chi connectivity index (χ0) is 15.1. The van der Waals surface area contributed by atoms with Gasteiger partial charge in [0.1, 0.15) is 0 Å². The van der Waals surface area contributed by atoms with Crippen molar-refractivity contribution in [3.8, 4) is 0 Å². The fourth-order valence-corrected chi connectivity index (χ4v) is 4.28. The lowest BCUT2D eigenvalue weighted by molar-refractivity contribution is 0.307. The summed E-state index contributed by atoms with van der Waals surface area (Å²) in [4.78, 5) is 2.28. The molecule has 0 amide bonds. The molecule has 1 fully saturated rings. The molecule has 1 aliphatic heterocycles. The second kappa shape index (κ2) is 8.14. The highest BCUT2D eigenvalue weighted by molar-refractivity contribution is 7.99. The highest BCUT2D eigenvalue weighted by Crippen LogP contribution is 2.12. The van der Waals surface area contributed by atoms with Crippen molar-refractivity contribution in [3.63, 3.8) is 0 Å². The molecule has 1 aromatic rings. The van der Waals surface area contributed by atoms with E-state index in [9.17, 15) is 8.42 Å². The molecule has 0 bridgehead atoms. The topological polar surface area (TPSA) is 90.1 Å². The minimum absolute atomic E-state index is 0.164. The van der Waals surface area contributed by atoms with Gasteiger partial charge in [0.2, 0.25) is 0 Å². The van der Waals surface area contributed by atoms with E-state index in [1.165, 1.54) is 0 Å². The van der Waals surface area contributed by atoms with Crippen molar-refractivity contribution in [1.82, 2.24) is 25.1 Å². The van der Waals surface area contributed by atoms with Gasteiger partial charge < -0.3 is 10.2 Å². The zero-order valence-electron chi connectivity index (χ0n) is 12.3. The Morgan fingerprint density at radius 3 is 2.90 bits per heavy atom. The van der Waals surface area contributed by atoms with E-state index < -0.39 is 10.0 Å². The molecule has 0 aliphatic carbocycles. The lowest BCUT2D eigenvalue weighted by Gasteiger charge is -2.25. The van der Waals surface area contributed by atoms with Crippen LogP contribution in [-0.4, -0.2) is 67.7 Å². The van der Waals surface area contributed by atoms with Crippen LogP contribution in [-0.2, 0) is 16.6 Å². The third-order valence-electron chi connectivity index (χ3n) is 3.34. The summed E-state index contributed by atoms with van der Waals surface area (Å²) in [7, 11) is -3.52.